The molecule has 0 unspecified atom stereocenters. The van der Waals surface area contributed by atoms with Gasteiger partial charge in [-0.1, -0.05) is 17.9 Å². The molecule has 0 aromatic heterocycles. The molecule has 0 saturated carbocycles. The molecule has 1 nitrogen and oxygen atoms in total. The average Bonchev–Trinajstić information content (AvgIpc) is 1.63. The first-order valence-corrected chi connectivity index (χ1v) is 10.1. The molecule has 0 fully saturated rings. The molecule has 0 saturated heterocycles. The maximum absolute atomic E-state index is 3.48. The van der Waals surface area contributed by atoms with Gasteiger partial charge in [0.2, 0.25) is 0 Å². The zero-order chi connectivity index (χ0) is 7.33. The second-order valence-electron chi connectivity index (χ2n) is 1.97. The molecule has 0 radical (unpaired) electrons. The van der Waals surface area contributed by atoms with Gasteiger partial charge in [0.15, 0.2) is 0 Å². The Labute approximate surface area is 83.4 Å². The minimum absolute atomic E-state index is 0.506. The normalized spacial score (nSPS) is 13.8. The van der Waals surface area contributed by atoms with E-state index in [0.29, 0.717) is 0 Å². The minimum atomic E-state index is -0.506. The van der Waals surface area contributed by atoms with Crippen LogP contribution in [0, 0.1) is 0 Å². The van der Waals surface area contributed by atoms with E-state index in [1.54, 1.807) is 0 Å². The Hall–Kier alpha value is 1.77. The summed E-state index contributed by atoms with van der Waals surface area (Å²) in [6, 6.07) is 0. The summed E-state index contributed by atoms with van der Waals surface area (Å²) in [5, 5.41) is 0. The van der Waals surface area contributed by atoms with Crippen LogP contribution < -0.4 is 4.72 Å². The van der Waals surface area contributed by atoms with Crippen LogP contribution in [-0.4, -0.2) is 12.8 Å². The van der Waals surface area contributed by atoms with Crippen molar-refractivity contribution in [3.63, 3.8) is 0 Å². The first kappa shape index (κ1) is 10.8. The van der Waals surface area contributed by atoms with E-state index in [2.05, 4.69) is 60.3 Å². The summed E-state index contributed by atoms with van der Waals surface area (Å²) in [6.07, 6.45) is 4.84. The van der Waals surface area contributed by atoms with Crippen molar-refractivity contribution in [2.75, 3.05) is 12.8 Å². The van der Waals surface area contributed by atoms with Crippen molar-refractivity contribution in [1.29, 1.82) is 0 Å². The molecule has 0 aliphatic heterocycles. The largest absolute Gasteiger partial charge is 0.265 e. The predicted octanol–water partition coefficient (Wildman–Crippen LogP) is 3.43. The zero-order valence-electron chi connectivity index (χ0n) is 5.79. The molecule has 4 heteroatoms. The lowest BCUT2D eigenvalue weighted by Crippen LogP contribution is -2.11. The SMILES string of the molecule is CCCCNS(C)(I)I. The first-order valence-electron chi connectivity index (χ1n) is 2.98. The van der Waals surface area contributed by atoms with E-state index in [4.69, 9.17) is 0 Å². The summed E-state index contributed by atoms with van der Waals surface area (Å²) in [5.74, 6) is 0. The Morgan fingerprint density at radius 3 is 2.33 bits per heavy atom. The van der Waals surface area contributed by atoms with Crippen molar-refractivity contribution in [1.82, 2.24) is 4.72 Å². The fraction of sp³-hybridized carbons (Fsp3) is 1.00. The highest BCUT2D eigenvalue weighted by Crippen LogP contribution is 2.56. The third-order valence-corrected chi connectivity index (χ3v) is 3.47. The van der Waals surface area contributed by atoms with Crippen LogP contribution in [0.5, 0.6) is 0 Å². The highest BCUT2D eigenvalue weighted by Gasteiger charge is 2.04. The molecule has 0 rings (SSSR count). The summed E-state index contributed by atoms with van der Waals surface area (Å²) in [4.78, 5) is 0. The highest BCUT2D eigenvalue weighted by atomic mass is 127. The van der Waals surface area contributed by atoms with E-state index in [0.717, 1.165) is 0 Å². The molecule has 58 valence electrons. The molecule has 0 aliphatic carbocycles. The van der Waals surface area contributed by atoms with Gasteiger partial charge in [-0.25, -0.2) is 0 Å². The lowest BCUT2D eigenvalue weighted by Gasteiger charge is -2.21. The lowest BCUT2D eigenvalue weighted by atomic mass is 10.3. The van der Waals surface area contributed by atoms with Gasteiger partial charge in [0.1, 0.15) is 0 Å². The van der Waals surface area contributed by atoms with Gasteiger partial charge in [0.05, 0.1) is 0 Å². The molecular formula is C5H13I2NS. The van der Waals surface area contributed by atoms with Crippen molar-refractivity contribution in [2.45, 2.75) is 19.8 Å². The van der Waals surface area contributed by atoms with Gasteiger partial charge in [-0.05, 0) is 55.1 Å². The number of hydrogen-bond acceptors (Lipinski definition) is 1. The number of nitrogens with one attached hydrogen (secondary N) is 1. The van der Waals surface area contributed by atoms with Gasteiger partial charge in [-0.2, -0.15) is 0 Å². The molecule has 0 aliphatic rings. The molecule has 0 spiro atoms. The molecule has 0 heterocycles. The fourth-order valence-electron chi connectivity index (χ4n) is 0.428. The summed E-state index contributed by atoms with van der Waals surface area (Å²) in [6.45, 7) is 3.39. The van der Waals surface area contributed by atoms with E-state index in [9.17, 15) is 0 Å². The Morgan fingerprint density at radius 1 is 1.44 bits per heavy atom. The van der Waals surface area contributed by atoms with Crippen molar-refractivity contribution in [3.8, 4) is 0 Å². The first-order chi connectivity index (χ1) is 4.06. The third kappa shape index (κ3) is 9.77. The molecular weight excluding hydrogens is 360 g/mol. The van der Waals surface area contributed by atoms with Crippen molar-refractivity contribution < 1.29 is 0 Å². The van der Waals surface area contributed by atoms with Gasteiger partial charge >= 0.3 is 0 Å². The Balaban J connectivity index is 3.07. The molecule has 0 aromatic carbocycles. The summed E-state index contributed by atoms with van der Waals surface area (Å²) >= 11 is 4.95. The van der Waals surface area contributed by atoms with Crippen LogP contribution in [0.4, 0.5) is 0 Å². The third-order valence-electron chi connectivity index (χ3n) is 0.886. The Bertz CT molecular complexity index is 71.8. The van der Waals surface area contributed by atoms with Crippen LogP contribution in [0.2, 0.25) is 0 Å². The fourth-order valence-corrected chi connectivity index (χ4v) is 2.25. The topological polar surface area (TPSA) is 12.0 Å². The Kier molecular flexibility index (Phi) is 6.49. The van der Waals surface area contributed by atoms with Crippen LogP contribution in [0.25, 0.3) is 0 Å². The van der Waals surface area contributed by atoms with E-state index >= 15 is 0 Å². The number of hydrogen-bond donors (Lipinski definition) is 1. The standard InChI is InChI=1S/C5H13I2NS/c1-3-4-5-8-9(2,6)7/h8H,3-5H2,1-2H3. The minimum Gasteiger partial charge on any atom is -0.265 e. The van der Waals surface area contributed by atoms with Gasteiger partial charge in [-0.3, -0.25) is 4.72 Å². The molecule has 9 heavy (non-hydrogen) atoms. The highest BCUT2D eigenvalue weighted by molar-refractivity contribution is 14.3. The quantitative estimate of drug-likeness (QED) is 0.589. The molecule has 0 bridgehead atoms. The lowest BCUT2D eigenvalue weighted by molar-refractivity contribution is 0.777. The van der Waals surface area contributed by atoms with E-state index in [1.807, 2.05) is 0 Å². The van der Waals surface area contributed by atoms with Crippen LogP contribution in [0.15, 0.2) is 0 Å². The van der Waals surface area contributed by atoms with Crippen LogP contribution in [0.1, 0.15) is 19.8 Å². The van der Waals surface area contributed by atoms with E-state index in [-0.39, 0.29) is 0 Å². The van der Waals surface area contributed by atoms with Gasteiger partial charge in [-0.15, -0.1) is 0 Å². The summed E-state index contributed by atoms with van der Waals surface area (Å²) in [7, 11) is 0. The van der Waals surface area contributed by atoms with Crippen molar-refractivity contribution >= 4 is 47.0 Å². The van der Waals surface area contributed by atoms with Gasteiger partial charge in [0, 0.05) is 6.54 Å². The molecule has 0 atom stereocenters. The van der Waals surface area contributed by atoms with Gasteiger partial charge in [0.25, 0.3) is 0 Å². The molecule has 0 amide bonds. The second-order valence-corrected chi connectivity index (χ2v) is 19.3. The maximum Gasteiger partial charge on any atom is 0.00569 e. The zero-order valence-corrected chi connectivity index (χ0v) is 10.9. The number of rotatable bonds is 4. The van der Waals surface area contributed by atoms with Crippen molar-refractivity contribution in [2.24, 2.45) is 0 Å². The second kappa shape index (κ2) is 5.42. The maximum atomic E-state index is 3.48. The molecule has 0 aromatic rings. The van der Waals surface area contributed by atoms with E-state index in [1.165, 1.54) is 19.4 Å². The smallest absolute Gasteiger partial charge is 0.00569 e. The van der Waals surface area contributed by atoms with Crippen molar-refractivity contribution in [3.05, 3.63) is 0 Å². The van der Waals surface area contributed by atoms with E-state index < -0.39 is 4.56 Å². The Morgan fingerprint density at radius 2 is 2.00 bits per heavy atom. The summed E-state index contributed by atoms with van der Waals surface area (Å²) < 4.78 is 2.97. The average molecular weight is 373 g/mol. The molecule has 1 N–H and O–H groups in total. The van der Waals surface area contributed by atoms with Gasteiger partial charge < -0.3 is 0 Å². The number of halogens is 2. The van der Waals surface area contributed by atoms with Crippen LogP contribution in [-0.2, 0) is 0 Å². The van der Waals surface area contributed by atoms with Crippen LogP contribution in [0.3, 0.4) is 0 Å². The monoisotopic (exact) mass is 373 g/mol. The van der Waals surface area contributed by atoms with Crippen LogP contribution >= 0.6 is 47.0 Å². The number of unbranched alkanes of at least 4 members (excludes halogenated alkanes) is 1. The summed E-state index contributed by atoms with van der Waals surface area (Å²) in [5.41, 5.74) is 0. The predicted molar refractivity (Wildman–Crippen MR) is 64.5 cm³/mol.